The average molecular weight is 734 g/mol. The molecular weight excluding hydrogens is 679 g/mol. The normalized spacial score (nSPS) is 12.9. The van der Waals surface area contributed by atoms with E-state index in [1.54, 1.807) is 55.6 Å². The van der Waals surface area contributed by atoms with Crippen LogP contribution in [0, 0.1) is 62.3 Å². The van der Waals surface area contributed by atoms with E-state index in [0.717, 1.165) is 16.7 Å². The van der Waals surface area contributed by atoms with Gasteiger partial charge in [0.05, 0.1) is 14.7 Å². The molecule has 3 aromatic carbocycles. The Labute approximate surface area is 296 Å². The standard InChI is InChI=1S/C37H55N3O6S3/c1-26-20-29(4)35(30(5)21-26)47(41,42)38(10)16-12-14-18-40(49(45,46)37-33(8)24-28(3)25-34(37)9)19-15-13-17-39(11)48(43,44)36-31(6)22-27(2)23-32(36)7/h20-25H,12-19H2,1-11H3. The van der Waals surface area contributed by atoms with Crippen LogP contribution in [0.3, 0.4) is 0 Å². The van der Waals surface area contributed by atoms with Crippen molar-refractivity contribution in [1.82, 2.24) is 12.9 Å². The molecule has 0 N–H and O–H groups in total. The summed E-state index contributed by atoms with van der Waals surface area (Å²) in [5, 5.41) is 0. The van der Waals surface area contributed by atoms with Crippen molar-refractivity contribution < 1.29 is 25.3 Å². The monoisotopic (exact) mass is 733 g/mol. The van der Waals surface area contributed by atoms with E-state index in [2.05, 4.69) is 0 Å². The summed E-state index contributed by atoms with van der Waals surface area (Å²) in [4.78, 5) is 0.915. The van der Waals surface area contributed by atoms with E-state index in [4.69, 9.17) is 0 Å². The lowest BCUT2D eigenvalue weighted by atomic mass is 10.1. The zero-order chi connectivity index (χ0) is 37.1. The molecule has 0 bridgehead atoms. The van der Waals surface area contributed by atoms with Gasteiger partial charge in [0, 0.05) is 40.3 Å². The average Bonchev–Trinajstić information content (AvgIpc) is 2.93. The van der Waals surface area contributed by atoms with Crippen LogP contribution >= 0.6 is 0 Å². The summed E-state index contributed by atoms with van der Waals surface area (Å²) in [6.45, 7) is 17.5. The second-order valence-corrected chi connectivity index (χ2v) is 19.5. The SMILES string of the molecule is Cc1cc(C)c(S(=O)(=O)N(C)CCCCN(CCCCN(C)S(=O)(=O)c2c(C)cc(C)cc2C)S(=O)(=O)c2c(C)cc(C)cc2C)c(C)c1. The molecule has 49 heavy (non-hydrogen) atoms. The van der Waals surface area contributed by atoms with Crippen molar-refractivity contribution >= 4 is 30.1 Å². The molecule has 0 unspecified atom stereocenters. The third kappa shape index (κ3) is 9.39. The van der Waals surface area contributed by atoms with Crippen LogP contribution in [0.15, 0.2) is 51.1 Å². The molecule has 3 rings (SSSR count). The fourth-order valence-electron chi connectivity index (χ4n) is 7.00. The molecular formula is C37H55N3O6S3. The minimum atomic E-state index is -3.88. The quantitative estimate of drug-likeness (QED) is 0.152. The van der Waals surface area contributed by atoms with Crippen molar-refractivity contribution in [1.29, 1.82) is 0 Å². The third-order valence-electron chi connectivity index (χ3n) is 9.01. The Kier molecular flexibility index (Phi) is 13.5. The second kappa shape index (κ2) is 16.2. The summed E-state index contributed by atoms with van der Waals surface area (Å²) in [5.41, 5.74) is 7.14. The number of sulfonamides is 3. The zero-order valence-corrected chi connectivity index (χ0v) is 33.6. The lowest BCUT2D eigenvalue weighted by Crippen LogP contribution is -2.35. The summed E-state index contributed by atoms with van der Waals surface area (Å²) in [6.07, 6.45) is 1.84. The van der Waals surface area contributed by atoms with Gasteiger partial charge in [-0.2, -0.15) is 4.31 Å². The van der Waals surface area contributed by atoms with E-state index < -0.39 is 30.1 Å². The maximum Gasteiger partial charge on any atom is 0.243 e. The molecule has 0 aliphatic heterocycles. The number of aryl methyl sites for hydroxylation is 9. The summed E-state index contributed by atoms with van der Waals surface area (Å²) < 4.78 is 86.4. The molecule has 0 saturated carbocycles. The highest BCUT2D eigenvalue weighted by molar-refractivity contribution is 7.89. The van der Waals surface area contributed by atoms with Gasteiger partial charge in [0.25, 0.3) is 0 Å². The van der Waals surface area contributed by atoms with Gasteiger partial charge in [0.2, 0.25) is 30.1 Å². The lowest BCUT2D eigenvalue weighted by Gasteiger charge is -2.26. The van der Waals surface area contributed by atoms with E-state index in [1.165, 1.54) is 12.9 Å². The smallest absolute Gasteiger partial charge is 0.207 e. The third-order valence-corrected chi connectivity index (χ3v) is 15.5. The van der Waals surface area contributed by atoms with Crippen molar-refractivity contribution in [3.63, 3.8) is 0 Å². The predicted octanol–water partition coefficient (Wildman–Crippen LogP) is 6.65. The second-order valence-electron chi connectivity index (χ2n) is 13.7. The van der Waals surface area contributed by atoms with Gasteiger partial charge < -0.3 is 0 Å². The number of hydrogen-bond acceptors (Lipinski definition) is 6. The van der Waals surface area contributed by atoms with Gasteiger partial charge in [0.15, 0.2) is 0 Å². The Hall–Kier alpha value is -2.61. The zero-order valence-electron chi connectivity index (χ0n) is 31.1. The highest BCUT2D eigenvalue weighted by atomic mass is 32.2. The summed E-state index contributed by atoms with van der Waals surface area (Å²) in [5.74, 6) is 0. The summed E-state index contributed by atoms with van der Waals surface area (Å²) in [7, 11) is -8.21. The molecule has 272 valence electrons. The van der Waals surface area contributed by atoms with E-state index in [0.29, 0.717) is 68.9 Å². The van der Waals surface area contributed by atoms with Crippen LogP contribution < -0.4 is 0 Å². The fourth-order valence-corrected chi connectivity index (χ4v) is 12.2. The van der Waals surface area contributed by atoms with Crippen molar-refractivity contribution in [2.45, 2.75) is 103 Å². The highest BCUT2D eigenvalue weighted by Crippen LogP contribution is 2.28. The van der Waals surface area contributed by atoms with Crippen LogP contribution in [0.1, 0.15) is 75.8 Å². The van der Waals surface area contributed by atoms with Crippen LogP contribution in [-0.4, -0.2) is 78.4 Å². The molecule has 0 atom stereocenters. The molecule has 3 aromatic rings. The van der Waals surface area contributed by atoms with E-state index in [1.807, 2.05) is 57.2 Å². The number of rotatable bonds is 16. The summed E-state index contributed by atoms with van der Waals surface area (Å²) in [6, 6.07) is 11.2. The first-order chi connectivity index (χ1) is 22.6. The Morgan fingerprint density at radius 3 is 0.878 bits per heavy atom. The van der Waals surface area contributed by atoms with Gasteiger partial charge in [-0.25, -0.2) is 33.9 Å². The van der Waals surface area contributed by atoms with Crippen LogP contribution in [-0.2, 0) is 30.1 Å². The van der Waals surface area contributed by atoms with Crippen molar-refractivity contribution in [2.75, 3.05) is 40.3 Å². The number of unbranched alkanes of at least 4 members (excludes halogenated alkanes) is 2. The van der Waals surface area contributed by atoms with E-state index >= 15 is 0 Å². The first-order valence-corrected chi connectivity index (χ1v) is 21.1. The fraction of sp³-hybridized carbons (Fsp3) is 0.514. The van der Waals surface area contributed by atoms with E-state index in [9.17, 15) is 25.3 Å². The summed E-state index contributed by atoms with van der Waals surface area (Å²) >= 11 is 0. The Morgan fingerprint density at radius 1 is 0.388 bits per heavy atom. The Bertz CT molecular complexity index is 1840. The first-order valence-electron chi connectivity index (χ1n) is 16.8. The maximum absolute atomic E-state index is 14.1. The predicted molar refractivity (Wildman–Crippen MR) is 199 cm³/mol. The maximum atomic E-state index is 14.1. The van der Waals surface area contributed by atoms with Gasteiger partial charge in [-0.3, -0.25) is 0 Å². The molecule has 0 aromatic heterocycles. The molecule has 0 heterocycles. The molecule has 9 nitrogen and oxygen atoms in total. The van der Waals surface area contributed by atoms with Gasteiger partial charge in [-0.05, 0) is 121 Å². The van der Waals surface area contributed by atoms with Crippen LogP contribution in [0.2, 0.25) is 0 Å². The molecule has 0 aliphatic rings. The van der Waals surface area contributed by atoms with Gasteiger partial charge in [-0.15, -0.1) is 0 Å². The van der Waals surface area contributed by atoms with Gasteiger partial charge >= 0.3 is 0 Å². The molecule has 0 amide bonds. The Balaban J connectivity index is 1.75. The molecule has 12 heteroatoms. The Morgan fingerprint density at radius 2 is 0.612 bits per heavy atom. The minimum absolute atomic E-state index is 0.210. The lowest BCUT2D eigenvalue weighted by molar-refractivity contribution is 0.369. The van der Waals surface area contributed by atoms with Crippen LogP contribution in [0.4, 0.5) is 0 Å². The largest absolute Gasteiger partial charge is 0.243 e. The molecule has 0 saturated heterocycles. The van der Waals surface area contributed by atoms with Gasteiger partial charge in [0.1, 0.15) is 0 Å². The molecule has 0 aliphatic carbocycles. The van der Waals surface area contributed by atoms with Crippen molar-refractivity contribution in [2.24, 2.45) is 0 Å². The van der Waals surface area contributed by atoms with Crippen molar-refractivity contribution in [3.05, 3.63) is 86.5 Å². The van der Waals surface area contributed by atoms with Crippen molar-refractivity contribution in [3.8, 4) is 0 Å². The topological polar surface area (TPSA) is 112 Å². The number of benzene rings is 3. The highest BCUT2D eigenvalue weighted by Gasteiger charge is 2.29. The van der Waals surface area contributed by atoms with Gasteiger partial charge in [-0.1, -0.05) is 53.1 Å². The molecule has 0 fully saturated rings. The number of nitrogens with zero attached hydrogens (tertiary/aromatic N) is 3. The first kappa shape index (κ1) is 40.8. The molecule has 0 spiro atoms. The molecule has 0 radical (unpaired) electrons. The van der Waals surface area contributed by atoms with E-state index in [-0.39, 0.29) is 31.1 Å². The van der Waals surface area contributed by atoms with Crippen LogP contribution in [0.25, 0.3) is 0 Å². The number of hydrogen-bond donors (Lipinski definition) is 0. The minimum Gasteiger partial charge on any atom is -0.207 e. The van der Waals surface area contributed by atoms with Crippen LogP contribution in [0.5, 0.6) is 0 Å².